The summed E-state index contributed by atoms with van der Waals surface area (Å²) >= 11 is 0. The van der Waals surface area contributed by atoms with E-state index in [0.29, 0.717) is 19.3 Å². The van der Waals surface area contributed by atoms with Gasteiger partial charge in [0.2, 0.25) is 5.91 Å². The predicted octanol–water partition coefficient (Wildman–Crippen LogP) is 19.1. The third-order valence-corrected chi connectivity index (χ3v) is 14.7. The highest BCUT2D eigenvalue weighted by Gasteiger charge is 2.24. The average molecular weight is 949 g/mol. The quantitative estimate of drug-likeness (QED) is 0.0417. The molecule has 6 heteroatoms. The monoisotopic (exact) mass is 948 g/mol. The molecule has 0 spiro atoms. The first-order valence-corrected chi connectivity index (χ1v) is 30.8. The largest absolute Gasteiger partial charge is 0.462 e. The van der Waals surface area contributed by atoms with Crippen molar-refractivity contribution in [3.8, 4) is 0 Å². The smallest absolute Gasteiger partial charge is 0.306 e. The molecule has 3 unspecified atom stereocenters. The van der Waals surface area contributed by atoms with Crippen molar-refractivity contribution in [2.24, 2.45) is 0 Å². The van der Waals surface area contributed by atoms with Crippen molar-refractivity contribution in [2.45, 2.75) is 373 Å². The standard InChI is InChI=1S/C61H121NO5/c1-4-7-10-13-16-19-22-25-27-29-30-31-33-36-39-42-45-48-51-54-61(66)67-57(52-49-46-43-40-37-35-32-28-26-23-20-17-14-11-8-5-2)55-60(65)62-58(56-63)59(64)53-50-47-44-41-38-34-24-21-18-15-12-9-6-3/h57-59,63-64H,4-56H2,1-3H3,(H,62,65). The average Bonchev–Trinajstić information content (AvgIpc) is 3.32. The molecule has 0 saturated carbocycles. The molecule has 3 atom stereocenters. The fourth-order valence-electron chi connectivity index (χ4n) is 10.0. The van der Waals surface area contributed by atoms with E-state index in [2.05, 4.69) is 26.1 Å². The van der Waals surface area contributed by atoms with Crippen molar-refractivity contribution < 1.29 is 24.5 Å². The fraction of sp³-hybridized carbons (Fsp3) is 0.967. The van der Waals surface area contributed by atoms with Crippen molar-refractivity contribution >= 4 is 11.9 Å². The zero-order chi connectivity index (χ0) is 48.8. The van der Waals surface area contributed by atoms with E-state index in [9.17, 15) is 19.8 Å². The number of rotatable bonds is 57. The van der Waals surface area contributed by atoms with Gasteiger partial charge in [-0.25, -0.2) is 0 Å². The summed E-state index contributed by atoms with van der Waals surface area (Å²) in [5, 5.41) is 23.9. The number of amides is 1. The van der Waals surface area contributed by atoms with E-state index in [1.807, 2.05) is 0 Å². The van der Waals surface area contributed by atoms with Crippen molar-refractivity contribution in [3.05, 3.63) is 0 Å². The summed E-state index contributed by atoms with van der Waals surface area (Å²) in [7, 11) is 0. The van der Waals surface area contributed by atoms with Crippen LogP contribution in [0.3, 0.4) is 0 Å². The summed E-state index contributed by atoms with van der Waals surface area (Å²) in [6.07, 6.45) is 63.2. The van der Waals surface area contributed by atoms with Crippen LogP contribution in [0.15, 0.2) is 0 Å². The molecule has 0 aromatic heterocycles. The van der Waals surface area contributed by atoms with Gasteiger partial charge in [-0.2, -0.15) is 0 Å². The molecule has 3 N–H and O–H groups in total. The third-order valence-electron chi connectivity index (χ3n) is 14.7. The summed E-state index contributed by atoms with van der Waals surface area (Å²) in [6, 6.07) is -0.693. The lowest BCUT2D eigenvalue weighted by Crippen LogP contribution is -2.46. The molecule has 0 saturated heterocycles. The molecule has 1 amide bonds. The van der Waals surface area contributed by atoms with E-state index in [-0.39, 0.29) is 24.9 Å². The van der Waals surface area contributed by atoms with Crippen molar-refractivity contribution in [1.29, 1.82) is 0 Å². The van der Waals surface area contributed by atoms with Crippen LogP contribution in [-0.2, 0) is 14.3 Å². The fourth-order valence-corrected chi connectivity index (χ4v) is 10.0. The van der Waals surface area contributed by atoms with Crippen molar-refractivity contribution in [3.63, 3.8) is 0 Å². The first-order valence-electron chi connectivity index (χ1n) is 30.8. The van der Waals surface area contributed by atoms with Gasteiger partial charge < -0.3 is 20.3 Å². The maximum Gasteiger partial charge on any atom is 0.306 e. The first-order chi connectivity index (χ1) is 33.0. The van der Waals surface area contributed by atoms with E-state index in [1.165, 1.54) is 270 Å². The second kappa shape index (κ2) is 55.8. The molecule has 0 radical (unpaired) electrons. The summed E-state index contributed by atoms with van der Waals surface area (Å²) in [4.78, 5) is 26.3. The van der Waals surface area contributed by atoms with Gasteiger partial charge in [-0.3, -0.25) is 9.59 Å². The molecule has 0 bridgehead atoms. The van der Waals surface area contributed by atoms with E-state index >= 15 is 0 Å². The molecule has 6 nitrogen and oxygen atoms in total. The maximum absolute atomic E-state index is 13.3. The van der Waals surface area contributed by atoms with Gasteiger partial charge in [-0.1, -0.05) is 316 Å². The minimum absolute atomic E-state index is 0.0889. The Morgan fingerprint density at radius 2 is 0.627 bits per heavy atom. The second-order valence-electron chi connectivity index (χ2n) is 21.5. The molecule has 0 aromatic carbocycles. The molecule has 0 heterocycles. The summed E-state index contributed by atoms with van der Waals surface area (Å²) in [6.45, 7) is 6.55. The van der Waals surface area contributed by atoms with Gasteiger partial charge >= 0.3 is 5.97 Å². The number of hydrogen-bond acceptors (Lipinski definition) is 5. The van der Waals surface area contributed by atoms with Gasteiger partial charge in [0.25, 0.3) is 0 Å². The number of aliphatic hydroxyl groups excluding tert-OH is 2. The van der Waals surface area contributed by atoms with Crippen LogP contribution in [0, 0.1) is 0 Å². The summed E-state index contributed by atoms with van der Waals surface area (Å²) in [5.74, 6) is -0.441. The number of aliphatic hydroxyl groups is 2. The van der Waals surface area contributed by atoms with Gasteiger partial charge in [0.05, 0.1) is 25.2 Å². The highest BCUT2D eigenvalue weighted by molar-refractivity contribution is 5.77. The minimum Gasteiger partial charge on any atom is -0.462 e. The number of hydrogen-bond donors (Lipinski definition) is 3. The van der Waals surface area contributed by atoms with Crippen LogP contribution in [0.1, 0.15) is 355 Å². The van der Waals surface area contributed by atoms with Gasteiger partial charge in [0, 0.05) is 6.42 Å². The van der Waals surface area contributed by atoms with E-state index in [4.69, 9.17) is 4.74 Å². The van der Waals surface area contributed by atoms with Crippen LogP contribution in [0.4, 0.5) is 0 Å². The van der Waals surface area contributed by atoms with Crippen LogP contribution in [-0.4, -0.2) is 46.9 Å². The Bertz CT molecular complexity index is 975. The van der Waals surface area contributed by atoms with Crippen molar-refractivity contribution in [2.75, 3.05) is 6.61 Å². The molecule has 400 valence electrons. The van der Waals surface area contributed by atoms with E-state index in [1.54, 1.807) is 0 Å². The molecular weight excluding hydrogens is 827 g/mol. The lowest BCUT2D eigenvalue weighted by molar-refractivity contribution is -0.151. The zero-order valence-corrected chi connectivity index (χ0v) is 45.8. The topological polar surface area (TPSA) is 95.9 Å². The van der Waals surface area contributed by atoms with Crippen LogP contribution in [0.2, 0.25) is 0 Å². The van der Waals surface area contributed by atoms with Crippen LogP contribution < -0.4 is 5.32 Å². The van der Waals surface area contributed by atoms with Crippen molar-refractivity contribution in [1.82, 2.24) is 5.32 Å². The predicted molar refractivity (Wildman–Crippen MR) is 292 cm³/mol. The molecule has 67 heavy (non-hydrogen) atoms. The molecule has 0 fully saturated rings. The Morgan fingerprint density at radius 3 is 0.910 bits per heavy atom. The Morgan fingerprint density at radius 1 is 0.373 bits per heavy atom. The number of unbranched alkanes of at least 4 members (excludes halogenated alkanes) is 45. The third kappa shape index (κ3) is 51.0. The Kier molecular flexibility index (Phi) is 54.8. The van der Waals surface area contributed by atoms with E-state index < -0.39 is 18.2 Å². The summed E-state index contributed by atoms with van der Waals surface area (Å²) in [5.41, 5.74) is 0. The summed E-state index contributed by atoms with van der Waals surface area (Å²) < 4.78 is 5.99. The first kappa shape index (κ1) is 65.9. The number of nitrogens with one attached hydrogen (secondary N) is 1. The number of carbonyl (C=O) groups is 2. The molecule has 0 aliphatic rings. The number of ether oxygens (including phenoxy) is 1. The van der Waals surface area contributed by atoms with E-state index in [0.717, 1.165) is 38.5 Å². The number of carbonyl (C=O) groups excluding carboxylic acids is 2. The highest BCUT2D eigenvalue weighted by Crippen LogP contribution is 2.20. The molecule has 0 aliphatic heterocycles. The number of esters is 1. The Balaban J connectivity index is 4.46. The van der Waals surface area contributed by atoms with Gasteiger partial charge in [-0.15, -0.1) is 0 Å². The lowest BCUT2D eigenvalue weighted by Gasteiger charge is -2.24. The normalized spacial score (nSPS) is 13.0. The van der Waals surface area contributed by atoms with Gasteiger partial charge in [0.1, 0.15) is 6.10 Å². The minimum atomic E-state index is -0.780. The molecule has 0 aromatic rings. The second-order valence-corrected chi connectivity index (χ2v) is 21.5. The molecule has 0 aliphatic carbocycles. The molecular formula is C61H121NO5. The zero-order valence-electron chi connectivity index (χ0n) is 45.8. The highest BCUT2D eigenvalue weighted by atomic mass is 16.5. The molecule has 0 rings (SSSR count). The lowest BCUT2D eigenvalue weighted by atomic mass is 10.0. The van der Waals surface area contributed by atoms with Gasteiger partial charge in [-0.05, 0) is 25.7 Å². The van der Waals surface area contributed by atoms with Crippen LogP contribution >= 0.6 is 0 Å². The van der Waals surface area contributed by atoms with Gasteiger partial charge in [0.15, 0.2) is 0 Å². The Labute approximate surface area is 419 Å². The van der Waals surface area contributed by atoms with Crippen LogP contribution in [0.25, 0.3) is 0 Å². The Hall–Kier alpha value is -1.14. The van der Waals surface area contributed by atoms with Crippen LogP contribution in [0.5, 0.6) is 0 Å². The maximum atomic E-state index is 13.3. The SMILES string of the molecule is CCCCCCCCCCCCCCCCCCCCCC(=O)OC(CCCCCCCCCCCCCCCCCC)CC(=O)NC(CO)C(O)CCCCCCCCCCCCCCC.